The number of hydrogen-bond acceptors (Lipinski definition) is 2. The zero-order chi connectivity index (χ0) is 35.0. The van der Waals surface area contributed by atoms with E-state index in [-0.39, 0.29) is 5.41 Å². The molecule has 3 heterocycles. The number of para-hydroxylation sites is 1. The van der Waals surface area contributed by atoms with E-state index in [1.54, 1.807) is 0 Å². The minimum atomic E-state index is -0.118. The first-order valence-corrected chi connectivity index (χ1v) is 19.2. The molecule has 12 rings (SSSR count). The van der Waals surface area contributed by atoms with Crippen molar-refractivity contribution in [2.24, 2.45) is 0 Å². The lowest BCUT2D eigenvalue weighted by molar-refractivity contribution is 0.666. The SMILES string of the molecule is CC1(C)c2ccccc2-c2ccc3c(c21)c1c2ccccc2sc1n3-c1ccc(-c2nc3ccccc3c3c4ccccc4c4ccccc4c23)cc1. The Hall–Kier alpha value is -6.29. The lowest BCUT2D eigenvalue weighted by Gasteiger charge is -2.22. The summed E-state index contributed by atoms with van der Waals surface area (Å²) in [6, 6.07) is 58.1. The number of aromatic nitrogens is 2. The molecule has 1 aliphatic rings. The van der Waals surface area contributed by atoms with Crippen LogP contribution in [0, 0.1) is 0 Å². The van der Waals surface area contributed by atoms with E-state index < -0.39 is 0 Å². The van der Waals surface area contributed by atoms with Gasteiger partial charge in [0.2, 0.25) is 0 Å². The lowest BCUT2D eigenvalue weighted by atomic mass is 9.80. The molecular formula is C50H32N2S. The number of pyridine rings is 1. The Morgan fingerprint density at radius 3 is 1.89 bits per heavy atom. The van der Waals surface area contributed by atoms with Crippen molar-refractivity contribution >= 4 is 85.8 Å². The van der Waals surface area contributed by atoms with Gasteiger partial charge in [0.25, 0.3) is 0 Å². The van der Waals surface area contributed by atoms with Crippen molar-refractivity contribution in [3.05, 3.63) is 169 Å². The van der Waals surface area contributed by atoms with Crippen LogP contribution in [-0.4, -0.2) is 9.55 Å². The molecule has 3 heteroatoms. The van der Waals surface area contributed by atoms with Crippen molar-refractivity contribution in [2.45, 2.75) is 19.3 Å². The van der Waals surface area contributed by atoms with E-state index in [2.05, 4.69) is 176 Å². The zero-order valence-corrected chi connectivity index (χ0v) is 30.1. The monoisotopic (exact) mass is 692 g/mol. The van der Waals surface area contributed by atoms with Gasteiger partial charge in [-0.05, 0) is 74.1 Å². The van der Waals surface area contributed by atoms with Crippen LogP contribution in [0.5, 0.6) is 0 Å². The topological polar surface area (TPSA) is 17.8 Å². The highest BCUT2D eigenvalue weighted by Crippen LogP contribution is 2.55. The van der Waals surface area contributed by atoms with Gasteiger partial charge in [0.05, 0.1) is 16.7 Å². The van der Waals surface area contributed by atoms with Crippen molar-refractivity contribution in [2.75, 3.05) is 0 Å². The second kappa shape index (κ2) is 10.4. The molecule has 0 saturated heterocycles. The van der Waals surface area contributed by atoms with Gasteiger partial charge in [-0.1, -0.05) is 141 Å². The molecule has 0 atom stereocenters. The molecule has 0 amide bonds. The van der Waals surface area contributed by atoms with E-state index in [1.165, 1.54) is 91.2 Å². The summed E-state index contributed by atoms with van der Waals surface area (Å²) in [5, 5.41) is 12.8. The molecule has 0 aliphatic heterocycles. The molecular weight excluding hydrogens is 661 g/mol. The van der Waals surface area contributed by atoms with Crippen molar-refractivity contribution in [3.8, 4) is 28.1 Å². The third kappa shape index (κ3) is 3.79. The van der Waals surface area contributed by atoms with E-state index in [4.69, 9.17) is 4.98 Å². The Labute approximate surface area is 310 Å². The number of nitrogens with zero attached hydrogens (tertiary/aromatic N) is 2. The maximum absolute atomic E-state index is 5.42. The second-order valence-electron chi connectivity index (χ2n) is 15.0. The van der Waals surface area contributed by atoms with Gasteiger partial charge in [0, 0.05) is 53.7 Å². The summed E-state index contributed by atoms with van der Waals surface area (Å²) in [4.78, 5) is 6.71. The van der Waals surface area contributed by atoms with Gasteiger partial charge < -0.3 is 4.57 Å². The molecule has 0 radical (unpaired) electrons. The Morgan fingerprint density at radius 2 is 1.11 bits per heavy atom. The Bertz CT molecular complexity index is 3360. The summed E-state index contributed by atoms with van der Waals surface area (Å²) >= 11 is 1.90. The number of rotatable bonds is 2. The van der Waals surface area contributed by atoms with Crippen LogP contribution in [0.4, 0.5) is 0 Å². The van der Waals surface area contributed by atoms with E-state index >= 15 is 0 Å². The van der Waals surface area contributed by atoms with Gasteiger partial charge in [-0.25, -0.2) is 4.98 Å². The molecule has 0 saturated carbocycles. The number of benzene rings is 8. The summed E-state index contributed by atoms with van der Waals surface area (Å²) in [5.74, 6) is 0. The normalized spacial score (nSPS) is 13.6. The molecule has 8 aromatic carbocycles. The number of fused-ring (bicyclic) bond motifs is 17. The van der Waals surface area contributed by atoms with Gasteiger partial charge in [0.15, 0.2) is 0 Å². The van der Waals surface area contributed by atoms with Crippen molar-refractivity contribution < 1.29 is 0 Å². The maximum atomic E-state index is 5.42. The summed E-state index contributed by atoms with van der Waals surface area (Å²) in [7, 11) is 0. The predicted molar refractivity (Wildman–Crippen MR) is 227 cm³/mol. The van der Waals surface area contributed by atoms with Crippen molar-refractivity contribution in [1.29, 1.82) is 0 Å². The van der Waals surface area contributed by atoms with Crippen LogP contribution in [0.2, 0.25) is 0 Å². The quantitative estimate of drug-likeness (QED) is 0.165. The fourth-order valence-corrected chi connectivity index (χ4v) is 10.9. The molecule has 11 aromatic rings. The first-order valence-electron chi connectivity index (χ1n) is 18.4. The Kier molecular flexibility index (Phi) is 5.75. The number of hydrogen-bond donors (Lipinski definition) is 0. The van der Waals surface area contributed by atoms with Gasteiger partial charge in [0.1, 0.15) is 4.83 Å². The average Bonchev–Trinajstić information content (AvgIpc) is 3.82. The van der Waals surface area contributed by atoms with Crippen LogP contribution in [0.25, 0.3) is 102 Å². The third-order valence-electron chi connectivity index (χ3n) is 11.9. The molecule has 0 fully saturated rings. The molecule has 1 aliphatic carbocycles. The fraction of sp³-hybridized carbons (Fsp3) is 0.0600. The predicted octanol–water partition coefficient (Wildman–Crippen LogP) is 14.0. The minimum absolute atomic E-state index is 0.118. The molecule has 0 spiro atoms. The zero-order valence-electron chi connectivity index (χ0n) is 29.3. The molecule has 0 bridgehead atoms. The average molecular weight is 693 g/mol. The molecule has 53 heavy (non-hydrogen) atoms. The number of thiophene rings is 1. The summed E-state index contributed by atoms with van der Waals surface area (Å²) in [5.41, 5.74) is 11.0. The minimum Gasteiger partial charge on any atom is -0.301 e. The Balaban J connectivity index is 1.14. The summed E-state index contributed by atoms with van der Waals surface area (Å²) in [6.45, 7) is 4.80. The van der Waals surface area contributed by atoms with Crippen LogP contribution in [0.1, 0.15) is 25.0 Å². The van der Waals surface area contributed by atoms with Gasteiger partial charge >= 0.3 is 0 Å². The van der Waals surface area contributed by atoms with Crippen LogP contribution in [0.15, 0.2) is 158 Å². The molecule has 0 unspecified atom stereocenters. The molecule has 0 N–H and O–H groups in total. The fourth-order valence-electron chi connectivity index (χ4n) is 9.70. The van der Waals surface area contributed by atoms with E-state index in [1.807, 2.05) is 11.3 Å². The molecule has 3 aromatic heterocycles. The molecule has 2 nitrogen and oxygen atoms in total. The highest BCUT2D eigenvalue weighted by Gasteiger charge is 2.38. The first kappa shape index (κ1) is 29.3. The first-order chi connectivity index (χ1) is 26.1. The van der Waals surface area contributed by atoms with Gasteiger partial charge in [-0.3, -0.25) is 0 Å². The van der Waals surface area contributed by atoms with E-state index in [0.717, 1.165) is 22.5 Å². The standard InChI is InChI=1S/C50H32N2S/c1-50(2)39-20-10-7-15-33(39)36-27-28-41-46(47(36)50)45-38-19-9-12-22-42(38)53-49(45)52(41)30-25-23-29(24-26-30)48-44-35-17-6-4-14-32(35)31-13-3-5-16-34(31)43(44)37-18-8-11-21-40(37)51-48/h3-28H,1-2H3. The highest BCUT2D eigenvalue weighted by atomic mass is 32.1. The highest BCUT2D eigenvalue weighted by molar-refractivity contribution is 7.25. The smallest absolute Gasteiger partial charge is 0.109 e. The third-order valence-corrected chi connectivity index (χ3v) is 13.1. The van der Waals surface area contributed by atoms with Crippen LogP contribution in [-0.2, 0) is 5.41 Å². The van der Waals surface area contributed by atoms with Crippen LogP contribution in [0.3, 0.4) is 0 Å². The van der Waals surface area contributed by atoms with Gasteiger partial charge in [-0.2, -0.15) is 0 Å². The molecule has 248 valence electrons. The summed E-state index contributed by atoms with van der Waals surface area (Å²) in [6.07, 6.45) is 0. The largest absolute Gasteiger partial charge is 0.301 e. The second-order valence-corrected chi connectivity index (χ2v) is 16.1. The summed E-state index contributed by atoms with van der Waals surface area (Å²) < 4.78 is 3.83. The lowest BCUT2D eigenvalue weighted by Crippen LogP contribution is -2.15. The van der Waals surface area contributed by atoms with Gasteiger partial charge in [-0.15, -0.1) is 11.3 Å². The van der Waals surface area contributed by atoms with Crippen molar-refractivity contribution in [1.82, 2.24) is 9.55 Å². The van der Waals surface area contributed by atoms with E-state index in [0.29, 0.717) is 0 Å². The Morgan fingerprint density at radius 1 is 0.491 bits per heavy atom. The van der Waals surface area contributed by atoms with Crippen molar-refractivity contribution in [3.63, 3.8) is 0 Å². The van der Waals surface area contributed by atoms with Crippen LogP contribution >= 0.6 is 11.3 Å². The van der Waals surface area contributed by atoms with Crippen LogP contribution < -0.4 is 0 Å². The van der Waals surface area contributed by atoms with E-state index in [9.17, 15) is 0 Å². The maximum Gasteiger partial charge on any atom is 0.109 e.